The van der Waals surface area contributed by atoms with Crippen molar-refractivity contribution in [1.82, 2.24) is 5.43 Å². The van der Waals surface area contributed by atoms with E-state index in [1.807, 2.05) is 36.4 Å². The highest BCUT2D eigenvalue weighted by Gasteiger charge is 2.32. The van der Waals surface area contributed by atoms with Gasteiger partial charge in [0.2, 0.25) is 0 Å². The molecule has 0 amide bonds. The van der Waals surface area contributed by atoms with Crippen molar-refractivity contribution in [3.63, 3.8) is 0 Å². The first-order valence-electron chi connectivity index (χ1n) is 6.76. The van der Waals surface area contributed by atoms with E-state index in [-0.39, 0.29) is 12.0 Å². The van der Waals surface area contributed by atoms with Gasteiger partial charge in [-0.05, 0) is 23.8 Å². The molecule has 110 valence electrons. The predicted molar refractivity (Wildman–Crippen MR) is 82.7 cm³/mol. The minimum absolute atomic E-state index is 0.0696. The molecule has 4 nitrogen and oxygen atoms in total. The minimum atomic E-state index is -0.0696. The zero-order chi connectivity index (χ0) is 14.8. The molecule has 0 radical (unpaired) electrons. The number of halogens is 1. The Morgan fingerprint density at radius 2 is 2.14 bits per heavy atom. The summed E-state index contributed by atoms with van der Waals surface area (Å²) in [7, 11) is 1.60. The molecule has 3 rings (SSSR count). The van der Waals surface area contributed by atoms with Crippen molar-refractivity contribution in [3.05, 3.63) is 58.6 Å². The molecule has 1 heterocycles. The Kier molecular flexibility index (Phi) is 4.01. The van der Waals surface area contributed by atoms with Gasteiger partial charge < -0.3 is 9.47 Å². The second-order valence-electron chi connectivity index (χ2n) is 4.99. The van der Waals surface area contributed by atoms with Gasteiger partial charge >= 0.3 is 0 Å². The van der Waals surface area contributed by atoms with Crippen LogP contribution in [0.15, 0.2) is 42.5 Å². The first-order valence-corrected chi connectivity index (χ1v) is 7.13. The lowest BCUT2D eigenvalue weighted by atomic mass is 9.89. The Morgan fingerprint density at radius 1 is 1.33 bits per heavy atom. The number of benzene rings is 2. The highest BCUT2D eigenvalue weighted by molar-refractivity contribution is 6.32. The molecule has 0 saturated carbocycles. The summed E-state index contributed by atoms with van der Waals surface area (Å²) in [5, 5.41) is 0.583. The summed E-state index contributed by atoms with van der Waals surface area (Å²) in [6, 6.07) is 13.6. The number of hydrogen-bond acceptors (Lipinski definition) is 4. The molecule has 5 heteroatoms. The third kappa shape index (κ3) is 2.58. The van der Waals surface area contributed by atoms with Crippen molar-refractivity contribution in [2.45, 2.75) is 12.0 Å². The van der Waals surface area contributed by atoms with Gasteiger partial charge in [-0.1, -0.05) is 35.9 Å². The second-order valence-corrected chi connectivity index (χ2v) is 5.40. The number of fused-ring (bicyclic) bond motifs is 1. The van der Waals surface area contributed by atoms with Crippen molar-refractivity contribution in [1.29, 1.82) is 0 Å². The molecule has 0 aromatic heterocycles. The van der Waals surface area contributed by atoms with Crippen LogP contribution < -0.4 is 20.7 Å². The van der Waals surface area contributed by atoms with Gasteiger partial charge in [-0.3, -0.25) is 11.3 Å². The van der Waals surface area contributed by atoms with Crippen molar-refractivity contribution >= 4 is 11.6 Å². The second kappa shape index (κ2) is 5.93. The van der Waals surface area contributed by atoms with Crippen LogP contribution in [-0.2, 0) is 0 Å². The maximum absolute atomic E-state index is 6.08. The Bertz CT molecular complexity index is 648. The third-order valence-corrected chi connectivity index (χ3v) is 4.17. The fourth-order valence-corrected chi connectivity index (χ4v) is 2.97. The first kappa shape index (κ1) is 14.2. The molecule has 2 atom stereocenters. The highest BCUT2D eigenvalue weighted by atomic mass is 35.5. The molecular formula is C16H17ClN2O2. The number of hydrazine groups is 1. The van der Waals surface area contributed by atoms with Gasteiger partial charge in [0, 0.05) is 11.5 Å². The zero-order valence-corrected chi connectivity index (χ0v) is 12.4. The number of ether oxygens (including phenoxy) is 2. The number of rotatable bonds is 4. The zero-order valence-electron chi connectivity index (χ0n) is 11.7. The number of nitrogens with two attached hydrogens (primary N) is 1. The van der Waals surface area contributed by atoms with Crippen molar-refractivity contribution < 1.29 is 9.47 Å². The summed E-state index contributed by atoms with van der Waals surface area (Å²) in [5.41, 5.74) is 5.07. The lowest BCUT2D eigenvalue weighted by molar-refractivity contribution is 0.300. The first-order chi connectivity index (χ1) is 10.2. The monoisotopic (exact) mass is 304 g/mol. The molecule has 0 spiro atoms. The van der Waals surface area contributed by atoms with Gasteiger partial charge in [0.05, 0.1) is 24.8 Å². The number of nitrogens with one attached hydrogen (secondary N) is 1. The van der Waals surface area contributed by atoms with E-state index in [0.717, 1.165) is 16.9 Å². The van der Waals surface area contributed by atoms with Crippen LogP contribution in [0.3, 0.4) is 0 Å². The smallest absolute Gasteiger partial charge is 0.137 e. The molecule has 0 aliphatic carbocycles. The van der Waals surface area contributed by atoms with E-state index in [4.69, 9.17) is 26.9 Å². The molecule has 1 aliphatic heterocycles. The summed E-state index contributed by atoms with van der Waals surface area (Å²) in [6.07, 6.45) is 0. The van der Waals surface area contributed by atoms with E-state index >= 15 is 0 Å². The van der Waals surface area contributed by atoms with Crippen molar-refractivity contribution in [2.24, 2.45) is 5.84 Å². The normalized spacial score (nSPS) is 18.0. The highest BCUT2D eigenvalue weighted by Crippen LogP contribution is 2.41. The van der Waals surface area contributed by atoms with Gasteiger partial charge in [0.1, 0.15) is 11.5 Å². The van der Waals surface area contributed by atoms with Crippen LogP contribution in [-0.4, -0.2) is 13.7 Å². The molecule has 2 aromatic rings. The van der Waals surface area contributed by atoms with Crippen LogP contribution >= 0.6 is 11.6 Å². The Morgan fingerprint density at radius 3 is 2.90 bits per heavy atom. The number of methoxy groups -OCH3 is 1. The summed E-state index contributed by atoms with van der Waals surface area (Å²) in [4.78, 5) is 0. The maximum atomic E-state index is 6.08. The standard InChI is InChI=1S/C16H17ClN2O2/c1-20-15-8-10(6-7-13(15)17)16(19-18)12-9-21-14-5-3-2-4-11(12)14/h2-8,12,16,19H,9,18H2,1H3. The fraction of sp³-hybridized carbons (Fsp3) is 0.250. The summed E-state index contributed by atoms with van der Waals surface area (Å²) >= 11 is 6.08. The van der Waals surface area contributed by atoms with Gasteiger partial charge in [0.25, 0.3) is 0 Å². The quantitative estimate of drug-likeness (QED) is 0.673. The van der Waals surface area contributed by atoms with E-state index in [9.17, 15) is 0 Å². The average Bonchev–Trinajstić information content (AvgIpc) is 2.94. The van der Waals surface area contributed by atoms with Crippen LogP contribution in [0, 0.1) is 0 Å². The Hall–Kier alpha value is -1.75. The SMILES string of the molecule is COc1cc(C(NN)C2COc3ccccc32)ccc1Cl. The lowest BCUT2D eigenvalue weighted by Crippen LogP contribution is -2.33. The van der Waals surface area contributed by atoms with Crippen LogP contribution in [0.25, 0.3) is 0 Å². The van der Waals surface area contributed by atoms with E-state index in [1.165, 1.54) is 0 Å². The summed E-state index contributed by atoms with van der Waals surface area (Å²) in [5.74, 6) is 7.50. The van der Waals surface area contributed by atoms with E-state index in [0.29, 0.717) is 17.4 Å². The molecule has 0 bridgehead atoms. The van der Waals surface area contributed by atoms with Gasteiger partial charge in [-0.15, -0.1) is 0 Å². The summed E-state index contributed by atoms with van der Waals surface area (Å²) < 4.78 is 11.0. The molecule has 3 N–H and O–H groups in total. The molecule has 1 aliphatic rings. The van der Waals surface area contributed by atoms with Crippen LogP contribution in [0.1, 0.15) is 23.1 Å². The molecule has 2 unspecified atom stereocenters. The van der Waals surface area contributed by atoms with Crippen LogP contribution in [0.5, 0.6) is 11.5 Å². The largest absolute Gasteiger partial charge is 0.495 e. The van der Waals surface area contributed by atoms with Crippen LogP contribution in [0.4, 0.5) is 0 Å². The average molecular weight is 305 g/mol. The fourth-order valence-electron chi connectivity index (χ4n) is 2.78. The van der Waals surface area contributed by atoms with E-state index in [1.54, 1.807) is 7.11 Å². The van der Waals surface area contributed by atoms with Crippen molar-refractivity contribution in [3.8, 4) is 11.5 Å². The summed E-state index contributed by atoms with van der Waals surface area (Å²) in [6.45, 7) is 0.596. The van der Waals surface area contributed by atoms with E-state index in [2.05, 4.69) is 11.5 Å². The molecule has 0 saturated heterocycles. The number of hydrogen-bond donors (Lipinski definition) is 2. The molecular weight excluding hydrogens is 288 g/mol. The maximum Gasteiger partial charge on any atom is 0.137 e. The molecule has 21 heavy (non-hydrogen) atoms. The van der Waals surface area contributed by atoms with Crippen LogP contribution in [0.2, 0.25) is 5.02 Å². The van der Waals surface area contributed by atoms with Gasteiger partial charge in [-0.2, -0.15) is 0 Å². The minimum Gasteiger partial charge on any atom is -0.495 e. The Labute approximate surface area is 128 Å². The topological polar surface area (TPSA) is 56.5 Å². The Balaban J connectivity index is 1.96. The third-order valence-electron chi connectivity index (χ3n) is 3.85. The lowest BCUT2D eigenvalue weighted by Gasteiger charge is -2.23. The predicted octanol–water partition coefficient (Wildman–Crippen LogP) is 3.03. The van der Waals surface area contributed by atoms with Crippen molar-refractivity contribution in [2.75, 3.05) is 13.7 Å². The van der Waals surface area contributed by atoms with Gasteiger partial charge in [0.15, 0.2) is 0 Å². The van der Waals surface area contributed by atoms with E-state index < -0.39 is 0 Å². The molecule has 2 aromatic carbocycles. The van der Waals surface area contributed by atoms with Gasteiger partial charge in [-0.25, -0.2) is 0 Å². The number of para-hydroxylation sites is 1. The molecule has 0 fully saturated rings.